The number of carbonyl (C=O) groups is 3. The van der Waals surface area contributed by atoms with Crippen molar-refractivity contribution in [1.82, 2.24) is 29.9 Å². The lowest BCUT2D eigenvalue weighted by Gasteiger charge is -2.11. The molecule has 0 aliphatic carbocycles. The second-order valence-electron chi connectivity index (χ2n) is 22.1. The fraction of sp³-hybridized carbons (Fsp3) is 0.130. The van der Waals surface area contributed by atoms with E-state index in [1.54, 1.807) is 130 Å². The molecule has 6 N–H and O–H groups in total. The van der Waals surface area contributed by atoms with Gasteiger partial charge in [0.1, 0.15) is 34.4 Å². The van der Waals surface area contributed by atoms with E-state index < -0.39 is 116 Å². The number of rotatable bonds is 21. The van der Waals surface area contributed by atoms with Gasteiger partial charge in [0.2, 0.25) is 47.4 Å². The highest BCUT2D eigenvalue weighted by molar-refractivity contribution is 7.93. The van der Waals surface area contributed by atoms with E-state index in [9.17, 15) is 52.8 Å². The fourth-order valence-electron chi connectivity index (χ4n) is 10.4. The van der Waals surface area contributed by atoms with Crippen LogP contribution in [0.5, 0.6) is 0 Å². The molecule has 0 aliphatic rings. The van der Waals surface area contributed by atoms with Gasteiger partial charge in [0.05, 0.1) is 51.0 Å². The standard InChI is InChI=1S/3C23H18ClF2N3O3S/c3*1-2-9-33(31,32)29-19-8-7-18(25)20(21(19)26)22(30)17-12-28-23-16(17)10-14(11-27-23)13-3-5-15(24)6-4-13/h3*3-8,10-12,29H,2,9H2,1H3,(H,27,28). The third kappa shape index (κ3) is 16.3. The second kappa shape index (κ2) is 30.1. The number of sulfonamides is 3. The number of anilines is 3. The van der Waals surface area contributed by atoms with Crippen molar-refractivity contribution < 1.29 is 66.0 Å². The molecule has 0 saturated heterocycles. The zero-order chi connectivity index (χ0) is 71.3. The molecule has 0 aliphatic heterocycles. The molecule has 0 atom stereocenters. The smallest absolute Gasteiger partial charge is 0.232 e. The maximum absolute atomic E-state index is 15.1. The summed E-state index contributed by atoms with van der Waals surface area (Å²) in [7, 11) is -11.5. The fourth-order valence-corrected chi connectivity index (χ4v) is 14.1. The van der Waals surface area contributed by atoms with Crippen molar-refractivity contribution in [3.63, 3.8) is 0 Å². The van der Waals surface area contributed by atoms with Gasteiger partial charge in [0.15, 0.2) is 17.5 Å². The molecule has 99 heavy (non-hydrogen) atoms. The first-order chi connectivity index (χ1) is 47.1. The molecule has 0 amide bonds. The Morgan fingerprint density at radius 2 is 0.616 bits per heavy atom. The number of H-pyrrole nitrogens is 3. The van der Waals surface area contributed by atoms with E-state index in [-0.39, 0.29) is 33.9 Å². The monoisotopic (exact) mass is 1470 g/mol. The largest absolute Gasteiger partial charge is 0.345 e. The van der Waals surface area contributed by atoms with Crippen LogP contribution in [0.3, 0.4) is 0 Å². The van der Waals surface area contributed by atoms with Crippen LogP contribution in [0.4, 0.5) is 43.4 Å². The summed E-state index contributed by atoms with van der Waals surface area (Å²) in [5.41, 5.74) is 1.42. The summed E-state index contributed by atoms with van der Waals surface area (Å²) in [5.74, 6) is -10.7. The van der Waals surface area contributed by atoms with Gasteiger partial charge >= 0.3 is 0 Å². The number of carbonyl (C=O) groups excluding carboxylic acids is 3. The van der Waals surface area contributed by atoms with Gasteiger partial charge in [-0.3, -0.25) is 28.5 Å². The minimum Gasteiger partial charge on any atom is -0.345 e. The van der Waals surface area contributed by atoms with E-state index in [2.05, 4.69) is 44.1 Å². The van der Waals surface area contributed by atoms with Crippen molar-refractivity contribution in [3.05, 3.63) is 248 Å². The summed E-state index contributed by atoms with van der Waals surface area (Å²) in [6.07, 6.45) is 9.67. The molecule has 12 rings (SSSR count). The zero-order valence-electron chi connectivity index (χ0n) is 52.0. The van der Waals surface area contributed by atoms with E-state index >= 15 is 13.2 Å². The van der Waals surface area contributed by atoms with Crippen LogP contribution in [0, 0.1) is 34.9 Å². The van der Waals surface area contributed by atoms with Gasteiger partial charge in [-0.1, -0.05) is 92.0 Å². The second-order valence-corrected chi connectivity index (χ2v) is 28.9. The van der Waals surface area contributed by atoms with E-state index in [4.69, 9.17) is 34.8 Å². The van der Waals surface area contributed by atoms with Crippen LogP contribution in [-0.4, -0.2) is 89.8 Å². The molecule has 6 aromatic carbocycles. The van der Waals surface area contributed by atoms with Crippen molar-refractivity contribution in [2.24, 2.45) is 0 Å². The molecular formula is C69H54Cl3F6N9O9S3. The summed E-state index contributed by atoms with van der Waals surface area (Å²) < 4.78 is 167. The number of hydrogen-bond acceptors (Lipinski definition) is 12. The van der Waals surface area contributed by atoms with Crippen LogP contribution in [0.1, 0.15) is 87.8 Å². The molecule has 0 unspecified atom stereocenters. The van der Waals surface area contributed by atoms with Crippen molar-refractivity contribution in [3.8, 4) is 33.4 Å². The molecule has 510 valence electrons. The number of halogens is 9. The Balaban J connectivity index is 0.000000161. The topological polar surface area (TPSA) is 276 Å². The van der Waals surface area contributed by atoms with Crippen LogP contribution in [0.15, 0.2) is 165 Å². The van der Waals surface area contributed by atoms with Gasteiger partial charge < -0.3 is 15.0 Å². The lowest BCUT2D eigenvalue weighted by Crippen LogP contribution is -2.18. The van der Waals surface area contributed by atoms with E-state index in [0.29, 0.717) is 84.1 Å². The quantitative estimate of drug-likeness (QED) is 0.0289. The maximum atomic E-state index is 15.1. The number of nitrogens with zero attached hydrogens (tertiary/aromatic N) is 3. The van der Waals surface area contributed by atoms with Crippen molar-refractivity contribution in [2.75, 3.05) is 31.4 Å². The van der Waals surface area contributed by atoms with Gasteiger partial charge in [0, 0.05) is 102 Å². The highest BCUT2D eigenvalue weighted by Crippen LogP contribution is 2.35. The highest BCUT2D eigenvalue weighted by atomic mass is 35.5. The summed E-state index contributed by atoms with van der Waals surface area (Å²) in [6.45, 7) is 4.95. The predicted molar refractivity (Wildman–Crippen MR) is 372 cm³/mol. The molecule has 0 spiro atoms. The molecule has 0 fully saturated rings. The van der Waals surface area contributed by atoms with Gasteiger partial charge in [-0.05, 0) is 127 Å². The molecule has 18 nitrogen and oxygen atoms in total. The molecule has 0 bridgehead atoms. The lowest BCUT2D eigenvalue weighted by molar-refractivity contribution is 0.102. The SMILES string of the molecule is CCCS(=O)(=O)Nc1ccc(F)c(C(=O)c2c[nH]c3ncc(-c4ccc(Cl)cc4)cc23)c1F.CCCS(=O)(=O)Nc1ccc(F)c(C(=O)c2c[nH]c3ncc(-c4ccc(Cl)cc4)cc23)c1F.CCCS(=O)(=O)Nc1ccc(F)c(C(=O)c2c[nH]c3ncc(-c4ccc(Cl)cc4)cc23)c1F. The minimum atomic E-state index is -3.84. The average Bonchev–Trinajstić information content (AvgIpc) is 1.70. The minimum absolute atomic E-state index is 0.000297. The van der Waals surface area contributed by atoms with Crippen molar-refractivity contribution in [2.45, 2.75) is 40.0 Å². The molecular weight excluding hydrogens is 1420 g/mol. The molecule has 0 radical (unpaired) electrons. The van der Waals surface area contributed by atoms with Gasteiger partial charge in [0.25, 0.3) is 0 Å². The molecule has 12 aromatic rings. The number of aromatic amines is 3. The van der Waals surface area contributed by atoms with Crippen LogP contribution in [0.2, 0.25) is 15.1 Å². The Hall–Kier alpha value is -9.90. The summed E-state index contributed by atoms with van der Waals surface area (Å²) >= 11 is 17.8. The van der Waals surface area contributed by atoms with Crippen molar-refractivity contribution in [1.29, 1.82) is 0 Å². The zero-order valence-corrected chi connectivity index (χ0v) is 56.7. The highest BCUT2D eigenvalue weighted by Gasteiger charge is 2.30. The first-order valence-corrected chi connectivity index (χ1v) is 36.0. The lowest BCUT2D eigenvalue weighted by atomic mass is 10.00. The van der Waals surface area contributed by atoms with Gasteiger partial charge in [-0.25, -0.2) is 66.5 Å². The Bertz CT molecular complexity index is 4940. The van der Waals surface area contributed by atoms with Gasteiger partial charge in [-0.2, -0.15) is 0 Å². The Morgan fingerprint density at radius 1 is 0.374 bits per heavy atom. The number of fused-ring (bicyclic) bond motifs is 3. The Morgan fingerprint density at radius 3 is 0.848 bits per heavy atom. The number of ketones is 3. The number of pyridine rings is 3. The first-order valence-electron chi connectivity index (χ1n) is 29.9. The van der Waals surface area contributed by atoms with Crippen LogP contribution >= 0.6 is 34.8 Å². The molecule has 6 heterocycles. The Kier molecular flexibility index (Phi) is 21.8. The summed E-state index contributed by atoms with van der Waals surface area (Å²) in [6, 6.07) is 31.4. The van der Waals surface area contributed by atoms with E-state index in [0.717, 1.165) is 53.1 Å². The van der Waals surface area contributed by atoms with Crippen LogP contribution in [0.25, 0.3) is 66.5 Å². The van der Waals surface area contributed by atoms with Crippen LogP contribution in [-0.2, 0) is 30.1 Å². The first kappa shape index (κ1) is 71.9. The summed E-state index contributed by atoms with van der Waals surface area (Å²) in [5, 5.41) is 2.77. The number of nitrogens with one attached hydrogen (secondary N) is 6. The van der Waals surface area contributed by atoms with E-state index in [1.807, 2.05) is 0 Å². The Labute approximate surface area is 577 Å². The molecule has 6 aromatic heterocycles. The number of hydrogen-bond donors (Lipinski definition) is 6. The third-order valence-electron chi connectivity index (χ3n) is 15.0. The van der Waals surface area contributed by atoms with Gasteiger partial charge in [-0.15, -0.1) is 0 Å². The van der Waals surface area contributed by atoms with Crippen molar-refractivity contribution >= 4 is 132 Å². The molecule has 30 heteroatoms. The average molecular weight is 1470 g/mol. The van der Waals surface area contributed by atoms with Crippen LogP contribution < -0.4 is 14.2 Å². The predicted octanol–water partition coefficient (Wildman–Crippen LogP) is 16.6. The summed E-state index contributed by atoms with van der Waals surface area (Å²) in [4.78, 5) is 60.9. The van der Waals surface area contributed by atoms with E-state index in [1.165, 1.54) is 18.6 Å². The normalized spacial score (nSPS) is 11.6. The number of aromatic nitrogens is 6. The molecule has 0 saturated carbocycles. The maximum Gasteiger partial charge on any atom is 0.232 e. The number of benzene rings is 6. The third-order valence-corrected chi connectivity index (χ3v) is 20.2.